The van der Waals surface area contributed by atoms with Crippen molar-refractivity contribution in [2.45, 2.75) is 13.8 Å². The van der Waals surface area contributed by atoms with Crippen LogP contribution >= 0.6 is 15.9 Å². The Labute approximate surface area is 153 Å². The van der Waals surface area contributed by atoms with Crippen molar-refractivity contribution in [2.24, 2.45) is 0 Å². The number of carbonyl (C=O) groups excluding carboxylic acids is 1. The number of allylic oxidation sites excluding steroid dienone is 1. The van der Waals surface area contributed by atoms with Crippen LogP contribution < -0.4 is 4.74 Å². The Balaban J connectivity index is 2.29. The monoisotopic (exact) mass is 405 g/mol. The van der Waals surface area contributed by atoms with Gasteiger partial charge in [0.1, 0.15) is 0 Å². The molecule has 0 bridgehead atoms. The lowest BCUT2D eigenvalue weighted by Gasteiger charge is -2.08. The fourth-order valence-corrected chi connectivity index (χ4v) is 2.64. The average molecular weight is 406 g/mol. The molecule has 6 nitrogen and oxygen atoms in total. The molecular formula is C18H16BrNO5. The molecule has 0 aliphatic rings. The van der Waals surface area contributed by atoms with E-state index >= 15 is 0 Å². The number of ether oxygens (including phenoxy) is 1. The summed E-state index contributed by atoms with van der Waals surface area (Å²) >= 11 is 3.23. The third kappa shape index (κ3) is 4.45. The van der Waals surface area contributed by atoms with E-state index in [9.17, 15) is 20.0 Å². The molecule has 0 saturated heterocycles. The van der Waals surface area contributed by atoms with Crippen LogP contribution in [0.5, 0.6) is 11.5 Å². The summed E-state index contributed by atoms with van der Waals surface area (Å²) in [4.78, 5) is 22.7. The fraction of sp³-hybridized carbons (Fsp3) is 0.167. The minimum Gasteiger partial charge on any atom is -0.503 e. The zero-order valence-electron chi connectivity index (χ0n) is 13.7. The van der Waals surface area contributed by atoms with Gasteiger partial charge < -0.3 is 9.84 Å². The molecule has 25 heavy (non-hydrogen) atoms. The summed E-state index contributed by atoms with van der Waals surface area (Å²) in [6, 6.07) is 7.60. The van der Waals surface area contributed by atoms with Crippen molar-refractivity contribution in [3.63, 3.8) is 0 Å². The number of hydrogen-bond donors (Lipinski definition) is 1. The number of benzene rings is 2. The van der Waals surface area contributed by atoms with Crippen LogP contribution in [-0.2, 0) is 0 Å². The van der Waals surface area contributed by atoms with E-state index < -0.39 is 4.92 Å². The van der Waals surface area contributed by atoms with Gasteiger partial charge in [-0.05, 0) is 53.5 Å². The third-order valence-electron chi connectivity index (χ3n) is 3.47. The smallest absolute Gasteiger partial charge is 0.273 e. The fourth-order valence-electron chi connectivity index (χ4n) is 2.18. The minimum atomic E-state index is -0.513. The standard InChI is InChI=1S/C18H16BrNO5/c1-3-25-17-9-12(8-14(19)18(17)22)5-7-16(21)13-6-4-11(2)15(10-13)20(23)24/h4-10,22H,3H2,1-2H3/b7-5+. The van der Waals surface area contributed by atoms with Gasteiger partial charge in [-0.15, -0.1) is 0 Å². The van der Waals surface area contributed by atoms with E-state index in [-0.39, 0.29) is 22.8 Å². The first-order chi connectivity index (χ1) is 11.8. The van der Waals surface area contributed by atoms with E-state index in [0.717, 1.165) is 0 Å². The van der Waals surface area contributed by atoms with Crippen molar-refractivity contribution in [3.8, 4) is 11.5 Å². The lowest BCUT2D eigenvalue weighted by atomic mass is 10.1. The van der Waals surface area contributed by atoms with E-state index in [1.807, 2.05) is 0 Å². The van der Waals surface area contributed by atoms with E-state index in [0.29, 0.717) is 28.0 Å². The number of nitro groups is 1. The lowest BCUT2D eigenvalue weighted by molar-refractivity contribution is -0.385. The van der Waals surface area contributed by atoms with Gasteiger partial charge in [-0.25, -0.2) is 0 Å². The summed E-state index contributed by atoms with van der Waals surface area (Å²) in [5, 5.41) is 20.9. The molecule has 7 heteroatoms. The van der Waals surface area contributed by atoms with Crippen LogP contribution in [-0.4, -0.2) is 22.4 Å². The number of phenolic OH excluding ortho intramolecular Hbond substituents is 1. The number of nitrogens with zero attached hydrogens (tertiary/aromatic N) is 1. The van der Waals surface area contributed by atoms with Crippen LogP contribution in [0.2, 0.25) is 0 Å². The molecule has 0 atom stereocenters. The molecule has 0 heterocycles. The molecule has 0 radical (unpaired) electrons. The molecule has 0 aliphatic heterocycles. The highest BCUT2D eigenvalue weighted by Gasteiger charge is 2.14. The Morgan fingerprint density at radius 1 is 1.36 bits per heavy atom. The Morgan fingerprint density at radius 2 is 2.08 bits per heavy atom. The number of rotatable bonds is 6. The number of aromatic hydroxyl groups is 1. The number of carbonyl (C=O) groups is 1. The first-order valence-electron chi connectivity index (χ1n) is 7.46. The SMILES string of the molecule is CCOc1cc(/C=C/C(=O)c2ccc(C)c([N+](=O)[O-])c2)cc(Br)c1O. The van der Waals surface area contributed by atoms with Gasteiger partial charge in [0.05, 0.1) is 16.0 Å². The summed E-state index contributed by atoms with van der Waals surface area (Å²) in [7, 11) is 0. The van der Waals surface area contributed by atoms with Gasteiger partial charge in [0.15, 0.2) is 17.3 Å². The van der Waals surface area contributed by atoms with E-state index in [1.54, 1.807) is 44.2 Å². The lowest BCUT2D eigenvalue weighted by Crippen LogP contribution is -1.98. The number of halogens is 1. The maximum atomic E-state index is 12.3. The van der Waals surface area contributed by atoms with Crippen LogP contribution in [0, 0.1) is 17.0 Å². The second-order valence-electron chi connectivity index (χ2n) is 5.24. The highest BCUT2D eigenvalue weighted by atomic mass is 79.9. The summed E-state index contributed by atoms with van der Waals surface area (Å²) in [5.41, 5.74) is 1.28. The highest BCUT2D eigenvalue weighted by Crippen LogP contribution is 2.35. The summed E-state index contributed by atoms with van der Waals surface area (Å²) < 4.78 is 5.77. The van der Waals surface area contributed by atoms with Crippen LogP contribution in [0.3, 0.4) is 0 Å². The first kappa shape index (κ1) is 18.7. The van der Waals surface area contributed by atoms with E-state index in [1.165, 1.54) is 12.1 Å². The van der Waals surface area contributed by atoms with Crippen molar-refractivity contribution in [3.05, 3.63) is 67.7 Å². The van der Waals surface area contributed by atoms with E-state index in [4.69, 9.17) is 4.74 Å². The quantitative estimate of drug-likeness (QED) is 0.326. The molecule has 1 N–H and O–H groups in total. The average Bonchev–Trinajstić information content (AvgIpc) is 2.57. The minimum absolute atomic E-state index is 0.0144. The molecule has 130 valence electrons. The number of nitro benzene ring substituents is 1. The van der Waals surface area contributed by atoms with Crippen molar-refractivity contribution in [1.29, 1.82) is 0 Å². The van der Waals surface area contributed by atoms with Crippen LogP contribution in [0.4, 0.5) is 5.69 Å². The summed E-state index contributed by atoms with van der Waals surface area (Å²) in [6.45, 7) is 3.80. The summed E-state index contributed by atoms with van der Waals surface area (Å²) in [5.74, 6) is -0.0697. The van der Waals surface area contributed by atoms with Crippen LogP contribution in [0.1, 0.15) is 28.4 Å². The Bertz CT molecular complexity index is 861. The summed E-state index contributed by atoms with van der Waals surface area (Å²) in [6.07, 6.45) is 2.88. The number of hydrogen-bond acceptors (Lipinski definition) is 5. The maximum Gasteiger partial charge on any atom is 0.273 e. The molecule has 0 unspecified atom stereocenters. The molecule has 0 spiro atoms. The molecular weight excluding hydrogens is 390 g/mol. The topological polar surface area (TPSA) is 89.7 Å². The molecule has 0 aliphatic carbocycles. The first-order valence-corrected chi connectivity index (χ1v) is 8.25. The van der Waals surface area contributed by atoms with Gasteiger partial charge >= 0.3 is 0 Å². The van der Waals surface area contributed by atoms with Gasteiger partial charge in [-0.2, -0.15) is 0 Å². The van der Waals surface area contributed by atoms with E-state index in [2.05, 4.69) is 15.9 Å². The van der Waals surface area contributed by atoms with Crippen LogP contribution in [0.15, 0.2) is 40.9 Å². The molecule has 2 aromatic carbocycles. The second-order valence-corrected chi connectivity index (χ2v) is 6.09. The highest BCUT2D eigenvalue weighted by molar-refractivity contribution is 9.10. The largest absolute Gasteiger partial charge is 0.503 e. The predicted octanol–water partition coefficient (Wildman–Crippen LogP) is 4.67. The molecule has 2 rings (SSSR count). The van der Waals surface area contributed by atoms with Crippen molar-refractivity contribution >= 4 is 33.5 Å². The Morgan fingerprint density at radius 3 is 2.72 bits per heavy atom. The normalized spacial score (nSPS) is 10.8. The van der Waals surface area contributed by atoms with Crippen molar-refractivity contribution < 1.29 is 19.6 Å². The maximum absolute atomic E-state index is 12.3. The van der Waals surface area contributed by atoms with Crippen molar-refractivity contribution in [2.75, 3.05) is 6.61 Å². The zero-order valence-corrected chi connectivity index (χ0v) is 15.2. The second kappa shape index (κ2) is 7.94. The van der Waals surface area contributed by atoms with Crippen LogP contribution in [0.25, 0.3) is 6.08 Å². The molecule has 2 aromatic rings. The van der Waals surface area contributed by atoms with Gasteiger partial charge in [-0.1, -0.05) is 18.2 Å². The van der Waals surface area contributed by atoms with Gasteiger partial charge in [0, 0.05) is 17.2 Å². The number of phenols is 1. The zero-order chi connectivity index (χ0) is 18.6. The Hall–Kier alpha value is -2.67. The molecule has 0 aromatic heterocycles. The predicted molar refractivity (Wildman–Crippen MR) is 98.2 cm³/mol. The van der Waals surface area contributed by atoms with Gasteiger partial charge in [-0.3, -0.25) is 14.9 Å². The number of ketones is 1. The van der Waals surface area contributed by atoms with Crippen molar-refractivity contribution in [1.82, 2.24) is 0 Å². The molecule has 0 saturated carbocycles. The Kier molecular flexibility index (Phi) is 5.93. The molecule has 0 amide bonds. The van der Waals surface area contributed by atoms with Gasteiger partial charge in [0.2, 0.25) is 0 Å². The molecule has 0 fully saturated rings. The number of aryl methyl sites for hydroxylation is 1. The van der Waals surface area contributed by atoms with Gasteiger partial charge in [0.25, 0.3) is 5.69 Å². The third-order valence-corrected chi connectivity index (χ3v) is 4.07.